The highest BCUT2D eigenvalue weighted by molar-refractivity contribution is 5.94. The zero-order valence-electron chi connectivity index (χ0n) is 10.5. The van der Waals surface area contributed by atoms with Crippen molar-refractivity contribution in [3.8, 4) is 0 Å². The Balaban J connectivity index is 1.89. The summed E-state index contributed by atoms with van der Waals surface area (Å²) in [5.41, 5.74) is 0.281. The molecule has 1 aliphatic rings. The molecule has 1 atom stereocenters. The average Bonchev–Trinajstić information content (AvgIpc) is 2.77. The van der Waals surface area contributed by atoms with Gasteiger partial charge < -0.3 is 10.2 Å². The third-order valence-electron chi connectivity index (χ3n) is 3.11. The lowest BCUT2D eigenvalue weighted by Gasteiger charge is -2.15. The summed E-state index contributed by atoms with van der Waals surface area (Å²) in [6.45, 7) is 5.10. The molecule has 1 unspecified atom stereocenters. The number of carbonyl (C=O) groups excluding carboxylic acids is 1. The van der Waals surface area contributed by atoms with Crippen molar-refractivity contribution in [1.82, 2.24) is 15.2 Å². The van der Waals surface area contributed by atoms with Crippen LogP contribution in [0.15, 0.2) is 18.5 Å². The molecule has 1 fully saturated rings. The van der Waals surface area contributed by atoms with E-state index in [-0.39, 0.29) is 17.5 Å². The lowest BCUT2D eigenvalue weighted by molar-refractivity contribution is 0.0937. The molecule has 18 heavy (non-hydrogen) atoms. The van der Waals surface area contributed by atoms with Crippen molar-refractivity contribution < 1.29 is 9.18 Å². The molecule has 0 aromatic carbocycles. The maximum absolute atomic E-state index is 13.0. The molecule has 1 aromatic heterocycles. The van der Waals surface area contributed by atoms with Gasteiger partial charge in [0, 0.05) is 25.3 Å². The summed E-state index contributed by atoms with van der Waals surface area (Å²) in [5.74, 6) is -0.730. The van der Waals surface area contributed by atoms with Crippen LogP contribution in [0.25, 0.3) is 0 Å². The fraction of sp³-hybridized carbons (Fsp3) is 0.538. The minimum Gasteiger partial charge on any atom is -0.348 e. The largest absolute Gasteiger partial charge is 0.348 e. The van der Waals surface area contributed by atoms with Crippen molar-refractivity contribution in [3.63, 3.8) is 0 Å². The van der Waals surface area contributed by atoms with Gasteiger partial charge in [-0.25, -0.2) is 4.39 Å². The van der Waals surface area contributed by atoms with E-state index in [1.54, 1.807) is 0 Å². The predicted molar refractivity (Wildman–Crippen MR) is 66.8 cm³/mol. The first kappa shape index (κ1) is 13.0. The SMILES string of the molecule is CCCN1CCC(NC(=O)c2cncc(F)c2)C1. The van der Waals surface area contributed by atoms with Crippen LogP contribution >= 0.6 is 0 Å². The van der Waals surface area contributed by atoms with Gasteiger partial charge in [0.25, 0.3) is 5.91 Å². The highest BCUT2D eigenvalue weighted by Crippen LogP contribution is 2.10. The van der Waals surface area contributed by atoms with Gasteiger partial charge in [0.05, 0.1) is 11.8 Å². The van der Waals surface area contributed by atoms with Gasteiger partial charge in [-0.3, -0.25) is 9.78 Å². The molecule has 0 saturated carbocycles. The van der Waals surface area contributed by atoms with Gasteiger partial charge in [-0.2, -0.15) is 0 Å². The van der Waals surface area contributed by atoms with E-state index >= 15 is 0 Å². The Labute approximate surface area is 106 Å². The Morgan fingerprint density at radius 1 is 1.61 bits per heavy atom. The molecule has 4 nitrogen and oxygen atoms in total. The topological polar surface area (TPSA) is 45.2 Å². The highest BCUT2D eigenvalue weighted by atomic mass is 19.1. The predicted octanol–water partition coefficient (Wildman–Crippen LogP) is 1.43. The van der Waals surface area contributed by atoms with E-state index in [2.05, 4.69) is 22.1 Å². The Hall–Kier alpha value is -1.49. The zero-order chi connectivity index (χ0) is 13.0. The first-order valence-corrected chi connectivity index (χ1v) is 6.33. The quantitative estimate of drug-likeness (QED) is 0.880. The maximum atomic E-state index is 13.0. The van der Waals surface area contributed by atoms with Gasteiger partial charge in [0.2, 0.25) is 0 Å². The highest BCUT2D eigenvalue weighted by Gasteiger charge is 2.23. The summed E-state index contributed by atoms with van der Waals surface area (Å²) < 4.78 is 13.0. The van der Waals surface area contributed by atoms with Crippen LogP contribution in [0.3, 0.4) is 0 Å². The van der Waals surface area contributed by atoms with E-state index in [1.807, 2.05) is 0 Å². The van der Waals surface area contributed by atoms with Crippen LogP contribution in [0.4, 0.5) is 4.39 Å². The zero-order valence-corrected chi connectivity index (χ0v) is 10.5. The summed E-state index contributed by atoms with van der Waals surface area (Å²) >= 11 is 0. The smallest absolute Gasteiger partial charge is 0.253 e. The normalized spacial score (nSPS) is 20.0. The minimum atomic E-state index is -0.485. The molecule has 0 bridgehead atoms. The Kier molecular flexibility index (Phi) is 4.25. The van der Waals surface area contributed by atoms with E-state index < -0.39 is 5.82 Å². The molecule has 1 aromatic rings. The standard InChI is InChI=1S/C13H18FN3O/c1-2-4-17-5-3-12(9-17)16-13(18)10-6-11(14)8-15-7-10/h6-8,12H,2-5,9H2,1H3,(H,16,18). The molecule has 1 aliphatic heterocycles. The molecule has 2 rings (SSSR count). The van der Waals surface area contributed by atoms with Gasteiger partial charge in [-0.1, -0.05) is 6.92 Å². The van der Waals surface area contributed by atoms with Crippen LogP contribution in [-0.4, -0.2) is 41.5 Å². The number of pyridine rings is 1. The monoisotopic (exact) mass is 251 g/mol. The molecule has 2 heterocycles. The molecule has 1 saturated heterocycles. The number of hydrogen-bond acceptors (Lipinski definition) is 3. The van der Waals surface area contributed by atoms with Gasteiger partial charge in [0.1, 0.15) is 5.82 Å². The molecule has 1 amide bonds. The number of halogens is 1. The third kappa shape index (κ3) is 3.26. The second-order valence-corrected chi connectivity index (χ2v) is 4.65. The van der Waals surface area contributed by atoms with Crippen LogP contribution in [0.1, 0.15) is 30.1 Å². The molecular formula is C13H18FN3O. The van der Waals surface area contributed by atoms with Crippen molar-refractivity contribution in [2.45, 2.75) is 25.8 Å². The lowest BCUT2D eigenvalue weighted by Crippen LogP contribution is -2.37. The van der Waals surface area contributed by atoms with Gasteiger partial charge >= 0.3 is 0 Å². The Morgan fingerprint density at radius 3 is 3.17 bits per heavy atom. The van der Waals surface area contributed by atoms with Crippen LogP contribution in [0.2, 0.25) is 0 Å². The van der Waals surface area contributed by atoms with Crippen molar-refractivity contribution in [2.75, 3.05) is 19.6 Å². The number of nitrogens with zero attached hydrogens (tertiary/aromatic N) is 2. The van der Waals surface area contributed by atoms with Crippen molar-refractivity contribution in [3.05, 3.63) is 29.8 Å². The van der Waals surface area contributed by atoms with Crippen LogP contribution in [0.5, 0.6) is 0 Å². The molecule has 5 heteroatoms. The first-order valence-electron chi connectivity index (χ1n) is 6.33. The molecule has 98 valence electrons. The van der Waals surface area contributed by atoms with Crippen LogP contribution in [-0.2, 0) is 0 Å². The molecule has 0 aliphatic carbocycles. The Bertz CT molecular complexity index is 424. The van der Waals surface area contributed by atoms with Crippen LogP contribution < -0.4 is 5.32 Å². The first-order chi connectivity index (χ1) is 8.69. The second kappa shape index (κ2) is 5.91. The van der Waals surface area contributed by atoms with E-state index in [0.29, 0.717) is 0 Å². The van der Waals surface area contributed by atoms with E-state index in [1.165, 1.54) is 12.3 Å². The van der Waals surface area contributed by atoms with E-state index in [0.717, 1.165) is 38.7 Å². The van der Waals surface area contributed by atoms with E-state index in [4.69, 9.17) is 0 Å². The van der Waals surface area contributed by atoms with Gasteiger partial charge in [-0.15, -0.1) is 0 Å². The lowest BCUT2D eigenvalue weighted by atomic mass is 10.2. The summed E-state index contributed by atoms with van der Waals surface area (Å²) in [5, 5.41) is 2.92. The fourth-order valence-corrected chi connectivity index (χ4v) is 2.27. The van der Waals surface area contributed by atoms with Gasteiger partial charge in [-0.05, 0) is 25.5 Å². The number of rotatable bonds is 4. The number of likely N-dealkylation sites (tertiary alicyclic amines) is 1. The second-order valence-electron chi connectivity index (χ2n) is 4.65. The number of carbonyl (C=O) groups is 1. The minimum absolute atomic E-state index is 0.160. The Morgan fingerprint density at radius 2 is 2.44 bits per heavy atom. The summed E-state index contributed by atoms with van der Waals surface area (Å²) in [7, 11) is 0. The average molecular weight is 251 g/mol. The number of hydrogen-bond donors (Lipinski definition) is 1. The molecular weight excluding hydrogens is 233 g/mol. The number of nitrogens with one attached hydrogen (secondary N) is 1. The summed E-state index contributed by atoms with van der Waals surface area (Å²) in [6.07, 6.45) is 4.55. The molecule has 0 radical (unpaired) electrons. The number of amides is 1. The molecule has 0 spiro atoms. The van der Waals surface area contributed by atoms with E-state index in [9.17, 15) is 9.18 Å². The summed E-state index contributed by atoms with van der Waals surface area (Å²) in [4.78, 5) is 17.9. The van der Waals surface area contributed by atoms with Crippen LogP contribution in [0, 0.1) is 5.82 Å². The molecule has 1 N–H and O–H groups in total. The number of aromatic nitrogens is 1. The third-order valence-corrected chi connectivity index (χ3v) is 3.11. The van der Waals surface area contributed by atoms with Crippen molar-refractivity contribution in [2.24, 2.45) is 0 Å². The fourth-order valence-electron chi connectivity index (χ4n) is 2.27. The maximum Gasteiger partial charge on any atom is 0.253 e. The van der Waals surface area contributed by atoms with Gasteiger partial charge in [0.15, 0.2) is 0 Å². The van der Waals surface area contributed by atoms with Crippen molar-refractivity contribution >= 4 is 5.91 Å². The summed E-state index contributed by atoms with van der Waals surface area (Å²) in [6, 6.07) is 1.37. The van der Waals surface area contributed by atoms with Crippen molar-refractivity contribution in [1.29, 1.82) is 0 Å².